The number of rotatable bonds is 6. The number of hydrogen-bond acceptors (Lipinski definition) is 7. The Morgan fingerprint density at radius 1 is 1.31 bits per heavy atom. The second-order valence-corrected chi connectivity index (χ2v) is 8.02. The number of nitrogens with zero attached hydrogens (tertiary/aromatic N) is 3. The van der Waals surface area contributed by atoms with Gasteiger partial charge >= 0.3 is 0 Å². The van der Waals surface area contributed by atoms with Crippen LogP contribution in [0.2, 0.25) is 0 Å². The molecular formula is C20H24N4O4S. The van der Waals surface area contributed by atoms with E-state index in [0.717, 1.165) is 44.1 Å². The normalized spacial score (nSPS) is 17.0. The molecule has 3 heterocycles. The zero-order chi connectivity index (χ0) is 20.2. The molecule has 29 heavy (non-hydrogen) atoms. The van der Waals surface area contributed by atoms with E-state index in [1.54, 1.807) is 10.3 Å². The average Bonchev–Trinajstić information content (AvgIpc) is 3.20. The Kier molecular flexibility index (Phi) is 6.08. The average molecular weight is 417 g/mol. The van der Waals surface area contributed by atoms with Crippen LogP contribution in [0.5, 0.6) is 5.75 Å². The molecule has 2 aliphatic heterocycles. The maximum Gasteiger partial charge on any atom is 0.270 e. The summed E-state index contributed by atoms with van der Waals surface area (Å²) in [5.74, 6) is 0.382. The number of carbonyl (C=O) groups excluding carboxylic acids is 2. The summed E-state index contributed by atoms with van der Waals surface area (Å²) in [6.07, 6.45) is 0. The highest BCUT2D eigenvalue weighted by atomic mass is 32.1. The van der Waals surface area contributed by atoms with Crippen LogP contribution >= 0.6 is 11.3 Å². The van der Waals surface area contributed by atoms with Gasteiger partial charge in [0, 0.05) is 31.6 Å². The lowest BCUT2D eigenvalue weighted by atomic mass is 10.1. The summed E-state index contributed by atoms with van der Waals surface area (Å²) in [6.45, 7) is 6.95. The fraction of sp³-hybridized carbons (Fsp3) is 0.450. The van der Waals surface area contributed by atoms with Crippen molar-refractivity contribution in [3.63, 3.8) is 0 Å². The first kappa shape index (κ1) is 19.8. The standard InChI is InChI=1S/C20H24N4O4S/c1-14-2-3-17-16(10-14)24(19(25)12-28-17)11-18-22-15(13-29-18)20(26)21-4-5-23-6-8-27-9-7-23/h2-3,10,13H,4-9,11-12H2,1H3,(H,21,26). The Morgan fingerprint density at radius 2 is 2.14 bits per heavy atom. The number of carbonyl (C=O) groups is 2. The summed E-state index contributed by atoms with van der Waals surface area (Å²) in [7, 11) is 0. The van der Waals surface area contributed by atoms with Crippen LogP contribution in [-0.4, -0.2) is 67.7 Å². The molecule has 1 saturated heterocycles. The Hall–Kier alpha value is -2.49. The van der Waals surface area contributed by atoms with Crippen LogP contribution in [0.25, 0.3) is 0 Å². The molecule has 1 fully saturated rings. The lowest BCUT2D eigenvalue weighted by Crippen LogP contribution is -2.41. The first-order chi connectivity index (χ1) is 14.1. The van der Waals surface area contributed by atoms with Crippen molar-refractivity contribution >= 4 is 28.8 Å². The summed E-state index contributed by atoms with van der Waals surface area (Å²) in [4.78, 5) is 33.2. The summed E-state index contributed by atoms with van der Waals surface area (Å²) < 4.78 is 10.8. The first-order valence-electron chi connectivity index (χ1n) is 9.66. The van der Waals surface area contributed by atoms with Gasteiger partial charge in [-0.15, -0.1) is 11.3 Å². The van der Waals surface area contributed by atoms with Crippen LogP contribution in [0.1, 0.15) is 21.1 Å². The van der Waals surface area contributed by atoms with E-state index in [1.807, 2.05) is 25.1 Å². The molecule has 1 aromatic carbocycles. The third kappa shape index (κ3) is 4.75. The minimum Gasteiger partial charge on any atom is -0.482 e. The van der Waals surface area contributed by atoms with Crippen molar-refractivity contribution in [2.45, 2.75) is 13.5 Å². The summed E-state index contributed by atoms with van der Waals surface area (Å²) in [6, 6.07) is 5.76. The van der Waals surface area contributed by atoms with Crippen LogP contribution in [0.15, 0.2) is 23.6 Å². The van der Waals surface area contributed by atoms with Crippen molar-refractivity contribution in [1.82, 2.24) is 15.2 Å². The van der Waals surface area contributed by atoms with E-state index < -0.39 is 0 Å². The lowest BCUT2D eigenvalue weighted by molar-refractivity contribution is -0.121. The van der Waals surface area contributed by atoms with E-state index in [0.29, 0.717) is 29.5 Å². The number of hydrogen-bond donors (Lipinski definition) is 1. The molecular weight excluding hydrogens is 392 g/mol. The van der Waals surface area contributed by atoms with Gasteiger partial charge < -0.3 is 14.8 Å². The van der Waals surface area contributed by atoms with E-state index >= 15 is 0 Å². The van der Waals surface area contributed by atoms with Gasteiger partial charge in [0.1, 0.15) is 16.5 Å². The minimum absolute atomic E-state index is 0.0102. The highest BCUT2D eigenvalue weighted by molar-refractivity contribution is 7.09. The molecule has 0 unspecified atom stereocenters. The fourth-order valence-corrected chi connectivity index (χ4v) is 4.11. The Labute approximate surface area is 173 Å². The molecule has 1 aromatic heterocycles. The predicted octanol–water partition coefficient (Wildman–Crippen LogP) is 1.44. The number of amides is 2. The van der Waals surface area contributed by atoms with Crippen molar-refractivity contribution in [2.75, 3.05) is 50.9 Å². The molecule has 2 amide bonds. The molecule has 2 aromatic rings. The van der Waals surface area contributed by atoms with Gasteiger partial charge in [-0.05, 0) is 24.6 Å². The molecule has 0 saturated carbocycles. The zero-order valence-electron chi connectivity index (χ0n) is 16.3. The largest absolute Gasteiger partial charge is 0.482 e. The van der Waals surface area contributed by atoms with Gasteiger partial charge in [0.2, 0.25) is 0 Å². The van der Waals surface area contributed by atoms with E-state index in [9.17, 15) is 9.59 Å². The molecule has 1 N–H and O–H groups in total. The van der Waals surface area contributed by atoms with E-state index in [1.165, 1.54) is 11.3 Å². The Balaban J connectivity index is 1.36. The number of nitrogens with one attached hydrogen (secondary N) is 1. The van der Waals surface area contributed by atoms with Crippen LogP contribution < -0.4 is 15.0 Å². The van der Waals surface area contributed by atoms with Gasteiger partial charge in [-0.3, -0.25) is 19.4 Å². The molecule has 8 nitrogen and oxygen atoms in total. The summed E-state index contributed by atoms with van der Waals surface area (Å²) in [5, 5.41) is 5.37. The molecule has 0 aliphatic carbocycles. The molecule has 4 rings (SSSR count). The molecule has 9 heteroatoms. The van der Waals surface area contributed by atoms with Gasteiger partial charge in [-0.2, -0.15) is 0 Å². The highest BCUT2D eigenvalue weighted by Crippen LogP contribution is 2.34. The smallest absolute Gasteiger partial charge is 0.270 e. The number of aromatic nitrogens is 1. The lowest BCUT2D eigenvalue weighted by Gasteiger charge is -2.29. The van der Waals surface area contributed by atoms with Crippen LogP contribution in [-0.2, 0) is 16.1 Å². The molecule has 2 aliphatic rings. The number of thiazole rings is 1. The quantitative estimate of drug-likeness (QED) is 0.767. The van der Waals surface area contributed by atoms with Crippen molar-refractivity contribution < 1.29 is 19.1 Å². The second kappa shape index (κ2) is 8.89. The monoisotopic (exact) mass is 416 g/mol. The van der Waals surface area contributed by atoms with Crippen molar-refractivity contribution in [2.24, 2.45) is 0 Å². The van der Waals surface area contributed by atoms with Crippen molar-refractivity contribution in [1.29, 1.82) is 0 Å². The number of ether oxygens (including phenoxy) is 2. The number of aryl methyl sites for hydroxylation is 1. The number of fused-ring (bicyclic) bond motifs is 1. The number of anilines is 1. The second-order valence-electron chi connectivity index (χ2n) is 7.08. The molecule has 0 radical (unpaired) electrons. The third-order valence-electron chi connectivity index (χ3n) is 4.95. The topological polar surface area (TPSA) is 84.0 Å². The zero-order valence-corrected chi connectivity index (χ0v) is 17.2. The predicted molar refractivity (Wildman–Crippen MR) is 110 cm³/mol. The van der Waals surface area contributed by atoms with Gasteiger partial charge in [0.05, 0.1) is 25.4 Å². The van der Waals surface area contributed by atoms with Gasteiger partial charge in [0.25, 0.3) is 11.8 Å². The van der Waals surface area contributed by atoms with Crippen molar-refractivity contribution in [3.8, 4) is 5.75 Å². The van der Waals surface area contributed by atoms with Crippen LogP contribution in [0.4, 0.5) is 5.69 Å². The van der Waals surface area contributed by atoms with E-state index in [4.69, 9.17) is 9.47 Å². The highest BCUT2D eigenvalue weighted by Gasteiger charge is 2.27. The third-order valence-corrected chi connectivity index (χ3v) is 5.79. The SMILES string of the molecule is Cc1ccc2c(c1)N(Cc1nc(C(=O)NCCN3CCOCC3)cs1)C(=O)CO2. The summed E-state index contributed by atoms with van der Waals surface area (Å²) >= 11 is 1.38. The van der Waals surface area contributed by atoms with Gasteiger partial charge in [0.15, 0.2) is 6.61 Å². The Bertz CT molecular complexity index is 894. The maximum atomic E-state index is 12.4. The fourth-order valence-electron chi connectivity index (χ4n) is 3.35. The van der Waals surface area contributed by atoms with Gasteiger partial charge in [-0.25, -0.2) is 4.98 Å². The number of morpholine rings is 1. The number of benzene rings is 1. The Morgan fingerprint density at radius 3 is 2.97 bits per heavy atom. The maximum absolute atomic E-state index is 12.4. The summed E-state index contributed by atoms with van der Waals surface area (Å²) in [5.41, 5.74) is 2.18. The van der Waals surface area contributed by atoms with Crippen LogP contribution in [0, 0.1) is 6.92 Å². The van der Waals surface area contributed by atoms with Gasteiger partial charge in [-0.1, -0.05) is 6.07 Å². The molecule has 0 atom stereocenters. The first-order valence-corrected chi connectivity index (χ1v) is 10.5. The van der Waals surface area contributed by atoms with Crippen molar-refractivity contribution in [3.05, 3.63) is 39.8 Å². The molecule has 0 bridgehead atoms. The minimum atomic E-state index is -0.190. The molecule has 0 spiro atoms. The van der Waals surface area contributed by atoms with E-state index in [-0.39, 0.29) is 18.4 Å². The molecule has 154 valence electrons. The van der Waals surface area contributed by atoms with E-state index in [2.05, 4.69) is 15.2 Å². The van der Waals surface area contributed by atoms with Crippen LogP contribution in [0.3, 0.4) is 0 Å².